The second-order valence-electron chi connectivity index (χ2n) is 6.22. The van der Waals surface area contributed by atoms with Crippen LogP contribution >= 0.6 is 15.9 Å². The number of amides is 1. The lowest BCUT2D eigenvalue weighted by atomic mass is 10.0. The molecular weight excluding hydrogens is 394 g/mol. The summed E-state index contributed by atoms with van der Waals surface area (Å²) in [5.41, 5.74) is 3.18. The molecule has 1 saturated heterocycles. The van der Waals surface area contributed by atoms with E-state index in [0.29, 0.717) is 11.3 Å². The van der Waals surface area contributed by atoms with Gasteiger partial charge in [-0.3, -0.25) is 4.79 Å². The van der Waals surface area contributed by atoms with Crippen molar-refractivity contribution in [1.82, 2.24) is 5.43 Å². The third-order valence-electron chi connectivity index (χ3n) is 4.47. The summed E-state index contributed by atoms with van der Waals surface area (Å²) in [6.07, 6.45) is 3.88. The maximum atomic E-state index is 12.5. The van der Waals surface area contributed by atoms with Gasteiger partial charge in [0.25, 0.3) is 5.91 Å². The summed E-state index contributed by atoms with van der Waals surface area (Å²) in [6, 6.07) is 15.3. The van der Waals surface area contributed by atoms with Gasteiger partial charge in [-0.05, 0) is 45.6 Å². The van der Waals surface area contributed by atoms with E-state index in [1.54, 1.807) is 6.07 Å². The van der Waals surface area contributed by atoms with Gasteiger partial charge in [0, 0.05) is 24.7 Å². The molecule has 2 aromatic carbocycles. The average molecular weight is 412 g/mol. The molecule has 132 valence electrons. The molecule has 6 heteroatoms. The van der Waals surface area contributed by atoms with Crippen molar-refractivity contribution < 1.29 is 9.21 Å². The van der Waals surface area contributed by atoms with E-state index in [0.717, 1.165) is 34.2 Å². The lowest BCUT2D eigenvalue weighted by Gasteiger charge is -2.13. The van der Waals surface area contributed by atoms with Crippen LogP contribution in [0, 0.1) is 0 Å². The molecule has 5 nitrogen and oxygen atoms in total. The molecule has 1 aliphatic rings. The Morgan fingerprint density at radius 3 is 2.77 bits per heavy atom. The van der Waals surface area contributed by atoms with Crippen molar-refractivity contribution >= 4 is 44.7 Å². The van der Waals surface area contributed by atoms with E-state index in [2.05, 4.69) is 31.4 Å². The number of fused-ring (bicyclic) bond motifs is 1. The van der Waals surface area contributed by atoms with E-state index in [9.17, 15) is 4.79 Å². The number of rotatable bonds is 4. The zero-order valence-electron chi connectivity index (χ0n) is 14.1. The number of nitrogens with one attached hydrogen (secondary N) is 1. The van der Waals surface area contributed by atoms with Crippen LogP contribution in [-0.4, -0.2) is 25.2 Å². The molecule has 0 bridgehead atoms. The molecule has 0 saturated carbocycles. The fourth-order valence-electron chi connectivity index (χ4n) is 3.21. The van der Waals surface area contributed by atoms with Crippen LogP contribution in [0.15, 0.2) is 62.5 Å². The molecule has 3 aromatic rings. The molecule has 1 aromatic heterocycles. The van der Waals surface area contributed by atoms with Crippen molar-refractivity contribution in [2.75, 3.05) is 18.0 Å². The highest BCUT2D eigenvalue weighted by atomic mass is 79.9. The van der Waals surface area contributed by atoms with Gasteiger partial charge in [-0.25, -0.2) is 5.43 Å². The van der Waals surface area contributed by atoms with E-state index in [4.69, 9.17) is 4.42 Å². The highest BCUT2D eigenvalue weighted by molar-refractivity contribution is 9.10. The topological polar surface area (TPSA) is 57.8 Å². The number of carbonyl (C=O) groups excluding carboxylic acids is 1. The summed E-state index contributed by atoms with van der Waals surface area (Å²) in [5.74, 6) is 1.17. The molecule has 1 aliphatic heterocycles. The van der Waals surface area contributed by atoms with Gasteiger partial charge in [0.05, 0.1) is 10.7 Å². The van der Waals surface area contributed by atoms with E-state index < -0.39 is 0 Å². The van der Waals surface area contributed by atoms with Gasteiger partial charge in [-0.1, -0.05) is 36.4 Å². The van der Waals surface area contributed by atoms with Crippen LogP contribution in [-0.2, 0) is 0 Å². The second kappa shape index (κ2) is 7.33. The van der Waals surface area contributed by atoms with Gasteiger partial charge >= 0.3 is 0 Å². The van der Waals surface area contributed by atoms with E-state index >= 15 is 0 Å². The zero-order valence-corrected chi connectivity index (χ0v) is 15.7. The van der Waals surface area contributed by atoms with Gasteiger partial charge in [-0.15, -0.1) is 0 Å². The lowest BCUT2D eigenvalue weighted by Crippen LogP contribution is -2.18. The van der Waals surface area contributed by atoms with Crippen LogP contribution in [0.3, 0.4) is 0 Å². The summed E-state index contributed by atoms with van der Waals surface area (Å²) in [5, 5.41) is 5.97. The summed E-state index contributed by atoms with van der Waals surface area (Å²) in [6.45, 7) is 2.00. The second-order valence-corrected chi connectivity index (χ2v) is 7.08. The number of hydrazone groups is 1. The van der Waals surface area contributed by atoms with Crippen molar-refractivity contribution in [2.24, 2.45) is 5.10 Å². The average Bonchev–Trinajstić information content (AvgIpc) is 3.30. The number of hydrogen-bond donors (Lipinski definition) is 1. The number of nitrogens with zero attached hydrogens (tertiary/aromatic N) is 2. The fourth-order valence-corrected chi connectivity index (χ4v) is 3.77. The SMILES string of the molecule is O=C(N/N=C\c1cc(Br)c(N2CCCC2)o1)c1cccc2ccccc12. The molecular formula is C20H18BrN3O2. The molecule has 0 unspecified atom stereocenters. The lowest BCUT2D eigenvalue weighted by molar-refractivity contribution is 0.0957. The Hall–Kier alpha value is -2.60. The van der Waals surface area contributed by atoms with Crippen LogP contribution in [0.25, 0.3) is 10.8 Å². The molecule has 26 heavy (non-hydrogen) atoms. The first kappa shape index (κ1) is 16.8. The van der Waals surface area contributed by atoms with E-state index in [1.807, 2.05) is 42.5 Å². The molecule has 0 atom stereocenters. The Morgan fingerprint density at radius 2 is 1.92 bits per heavy atom. The van der Waals surface area contributed by atoms with Crippen molar-refractivity contribution in [3.8, 4) is 0 Å². The third kappa shape index (κ3) is 3.37. The molecule has 0 spiro atoms. The smallest absolute Gasteiger partial charge is 0.271 e. The van der Waals surface area contributed by atoms with Crippen molar-refractivity contribution in [3.63, 3.8) is 0 Å². The maximum absolute atomic E-state index is 12.5. The Morgan fingerprint density at radius 1 is 1.15 bits per heavy atom. The molecule has 0 radical (unpaired) electrons. The van der Waals surface area contributed by atoms with Gasteiger partial charge in [-0.2, -0.15) is 5.10 Å². The Kier molecular flexibility index (Phi) is 4.75. The highest BCUT2D eigenvalue weighted by Gasteiger charge is 2.19. The third-order valence-corrected chi connectivity index (χ3v) is 5.04. The monoisotopic (exact) mass is 411 g/mol. The number of anilines is 1. The van der Waals surface area contributed by atoms with E-state index in [1.165, 1.54) is 19.1 Å². The molecule has 1 fully saturated rings. The number of hydrogen-bond acceptors (Lipinski definition) is 4. The predicted molar refractivity (Wildman–Crippen MR) is 107 cm³/mol. The quantitative estimate of drug-likeness (QED) is 0.505. The molecule has 1 N–H and O–H groups in total. The summed E-state index contributed by atoms with van der Waals surface area (Å²) in [4.78, 5) is 14.7. The fraction of sp³-hybridized carbons (Fsp3) is 0.200. The van der Waals surface area contributed by atoms with Crippen LogP contribution in [0.5, 0.6) is 0 Å². The first-order valence-electron chi connectivity index (χ1n) is 8.58. The van der Waals surface area contributed by atoms with Crippen LogP contribution in [0.2, 0.25) is 0 Å². The number of carbonyl (C=O) groups is 1. The summed E-state index contributed by atoms with van der Waals surface area (Å²) in [7, 11) is 0. The Balaban J connectivity index is 1.48. The molecule has 0 aliphatic carbocycles. The number of halogens is 1. The highest BCUT2D eigenvalue weighted by Crippen LogP contribution is 2.31. The minimum Gasteiger partial charge on any atom is -0.438 e. The predicted octanol–water partition coefficient (Wildman–Crippen LogP) is 4.56. The van der Waals surface area contributed by atoms with Crippen molar-refractivity contribution in [3.05, 3.63) is 64.3 Å². The van der Waals surface area contributed by atoms with Gasteiger partial charge < -0.3 is 9.32 Å². The maximum Gasteiger partial charge on any atom is 0.271 e. The standard InChI is InChI=1S/C20H18BrN3O2/c21-18-12-15(26-20(18)24-10-3-4-11-24)13-22-23-19(25)17-9-5-7-14-6-1-2-8-16(14)17/h1-2,5-9,12-13H,3-4,10-11H2,(H,23,25)/b22-13-. The molecule has 2 heterocycles. The normalized spacial score (nSPS) is 14.4. The first-order valence-corrected chi connectivity index (χ1v) is 9.37. The van der Waals surface area contributed by atoms with Gasteiger partial charge in [0.15, 0.2) is 5.76 Å². The van der Waals surface area contributed by atoms with Crippen molar-refractivity contribution in [1.29, 1.82) is 0 Å². The zero-order chi connectivity index (χ0) is 17.9. The van der Waals surface area contributed by atoms with Crippen LogP contribution < -0.4 is 10.3 Å². The summed E-state index contributed by atoms with van der Waals surface area (Å²) < 4.78 is 6.74. The van der Waals surface area contributed by atoms with Gasteiger partial charge in [0.1, 0.15) is 0 Å². The Bertz CT molecular complexity index is 969. The molecule has 4 rings (SSSR count). The van der Waals surface area contributed by atoms with Crippen molar-refractivity contribution in [2.45, 2.75) is 12.8 Å². The summed E-state index contributed by atoms with van der Waals surface area (Å²) >= 11 is 3.53. The first-order chi connectivity index (χ1) is 12.7. The number of benzene rings is 2. The van der Waals surface area contributed by atoms with Gasteiger partial charge in [0.2, 0.25) is 5.88 Å². The number of furan rings is 1. The van der Waals surface area contributed by atoms with Crippen LogP contribution in [0.4, 0.5) is 5.88 Å². The minimum atomic E-state index is -0.247. The molecule has 1 amide bonds. The van der Waals surface area contributed by atoms with Crippen LogP contribution in [0.1, 0.15) is 29.0 Å². The Labute approximate surface area is 159 Å². The minimum absolute atomic E-state index is 0.247. The largest absolute Gasteiger partial charge is 0.438 e. The van der Waals surface area contributed by atoms with E-state index in [-0.39, 0.29) is 5.91 Å².